The summed E-state index contributed by atoms with van der Waals surface area (Å²) in [5.41, 5.74) is 1.52. The Balaban J connectivity index is 1.83. The summed E-state index contributed by atoms with van der Waals surface area (Å²) in [6.45, 7) is -0.393. The number of thiazole rings is 1. The van der Waals surface area contributed by atoms with E-state index in [0.29, 0.717) is 18.8 Å². The molecule has 0 radical (unpaired) electrons. The third kappa shape index (κ3) is 5.49. The minimum atomic E-state index is -4.37. The van der Waals surface area contributed by atoms with E-state index >= 15 is 0 Å². The molecule has 2 rings (SSSR count). The summed E-state index contributed by atoms with van der Waals surface area (Å²) in [5.74, 6) is -0.0704. The zero-order valence-corrected chi connectivity index (χ0v) is 12.5. The average Bonchev–Trinajstić information content (AvgIpc) is 2.91. The first-order valence-electron chi connectivity index (χ1n) is 6.28. The molecule has 0 aliphatic carbocycles. The normalized spacial score (nSPS) is 11.5. The summed E-state index contributed by atoms with van der Waals surface area (Å²) in [7, 11) is 1.60. The second-order valence-electron chi connectivity index (χ2n) is 4.31. The molecule has 22 heavy (non-hydrogen) atoms. The van der Waals surface area contributed by atoms with Gasteiger partial charge in [-0.25, -0.2) is 9.97 Å². The number of hydrogen-bond donors (Lipinski definition) is 1. The molecule has 0 aliphatic rings. The topological polar surface area (TPSA) is 56.3 Å². The first-order valence-corrected chi connectivity index (χ1v) is 7.16. The van der Waals surface area contributed by atoms with E-state index < -0.39 is 12.8 Å². The van der Waals surface area contributed by atoms with Gasteiger partial charge in [-0.15, -0.1) is 11.3 Å². The standard InChI is InChI=1S/C13H14F3N3O2S/c1-20-6-12-19-10(7-22-12)5-17-9-2-3-11(18-4-9)21-8-13(14,15)16/h2-4,7,17H,5-6,8H2,1H3. The van der Waals surface area contributed by atoms with Gasteiger partial charge in [-0.1, -0.05) is 0 Å². The summed E-state index contributed by atoms with van der Waals surface area (Å²) in [6, 6.07) is 2.98. The van der Waals surface area contributed by atoms with Crippen molar-refractivity contribution in [1.29, 1.82) is 0 Å². The van der Waals surface area contributed by atoms with Crippen molar-refractivity contribution in [2.45, 2.75) is 19.3 Å². The van der Waals surface area contributed by atoms with Crippen molar-refractivity contribution in [2.75, 3.05) is 19.0 Å². The van der Waals surface area contributed by atoms with Crippen LogP contribution < -0.4 is 10.1 Å². The molecule has 0 aliphatic heterocycles. The molecule has 9 heteroatoms. The highest BCUT2D eigenvalue weighted by atomic mass is 32.1. The highest BCUT2D eigenvalue weighted by Gasteiger charge is 2.28. The number of hydrogen-bond acceptors (Lipinski definition) is 6. The third-order valence-corrected chi connectivity index (χ3v) is 3.33. The molecule has 2 aromatic heterocycles. The van der Waals surface area contributed by atoms with Gasteiger partial charge in [-0.3, -0.25) is 0 Å². The molecule has 0 saturated carbocycles. The van der Waals surface area contributed by atoms with Gasteiger partial charge in [0.2, 0.25) is 5.88 Å². The van der Waals surface area contributed by atoms with Crippen molar-refractivity contribution < 1.29 is 22.6 Å². The summed E-state index contributed by atoms with van der Waals surface area (Å²) in [6.07, 6.45) is -2.96. The van der Waals surface area contributed by atoms with Crippen LogP contribution in [0.2, 0.25) is 0 Å². The quantitative estimate of drug-likeness (QED) is 0.843. The Hall–Kier alpha value is -1.87. The molecule has 2 aromatic rings. The monoisotopic (exact) mass is 333 g/mol. The maximum atomic E-state index is 12.0. The Morgan fingerprint density at radius 1 is 1.32 bits per heavy atom. The number of anilines is 1. The van der Waals surface area contributed by atoms with E-state index in [1.165, 1.54) is 23.6 Å². The Labute approximate surface area is 129 Å². The van der Waals surface area contributed by atoms with Crippen LogP contribution in [0.3, 0.4) is 0 Å². The molecule has 2 heterocycles. The SMILES string of the molecule is COCc1nc(CNc2ccc(OCC(F)(F)F)nc2)cs1. The number of alkyl halides is 3. The largest absolute Gasteiger partial charge is 0.468 e. The molecule has 120 valence electrons. The minimum Gasteiger partial charge on any atom is -0.468 e. The lowest BCUT2D eigenvalue weighted by atomic mass is 10.4. The fraction of sp³-hybridized carbons (Fsp3) is 0.385. The number of nitrogens with zero attached hydrogens (tertiary/aromatic N) is 2. The van der Waals surface area contributed by atoms with Gasteiger partial charge in [-0.2, -0.15) is 13.2 Å². The van der Waals surface area contributed by atoms with Crippen molar-refractivity contribution in [3.63, 3.8) is 0 Å². The smallest absolute Gasteiger partial charge is 0.422 e. The van der Waals surface area contributed by atoms with E-state index in [4.69, 9.17) is 4.74 Å². The van der Waals surface area contributed by atoms with Gasteiger partial charge in [-0.05, 0) is 6.07 Å². The minimum absolute atomic E-state index is 0.0704. The fourth-order valence-corrected chi connectivity index (χ4v) is 2.30. The van der Waals surface area contributed by atoms with Gasteiger partial charge >= 0.3 is 6.18 Å². The van der Waals surface area contributed by atoms with E-state index in [0.717, 1.165) is 10.7 Å². The third-order valence-electron chi connectivity index (χ3n) is 2.46. The zero-order chi connectivity index (χ0) is 16.0. The first-order chi connectivity index (χ1) is 10.5. The van der Waals surface area contributed by atoms with Crippen LogP contribution in [0.1, 0.15) is 10.7 Å². The van der Waals surface area contributed by atoms with Gasteiger partial charge in [0.05, 0.1) is 30.7 Å². The van der Waals surface area contributed by atoms with Crippen molar-refractivity contribution in [3.8, 4) is 5.88 Å². The number of aromatic nitrogens is 2. The molecule has 0 amide bonds. The summed E-state index contributed by atoms with van der Waals surface area (Å²) in [5, 5.41) is 5.87. The molecule has 0 saturated heterocycles. The molecule has 0 aromatic carbocycles. The van der Waals surface area contributed by atoms with Crippen molar-refractivity contribution in [3.05, 3.63) is 34.4 Å². The Kier molecular flexibility index (Phi) is 5.56. The molecule has 0 atom stereocenters. The summed E-state index contributed by atoms with van der Waals surface area (Å²) >= 11 is 1.50. The van der Waals surface area contributed by atoms with Crippen LogP contribution >= 0.6 is 11.3 Å². The molecule has 1 N–H and O–H groups in total. The lowest BCUT2D eigenvalue weighted by molar-refractivity contribution is -0.154. The van der Waals surface area contributed by atoms with Crippen molar-refractivity contribution in [2.24, 2.45) is 0 Å². The van der Waals surface area contributed by atoms with Crippen LogP contribution in [0.25, 0.3) is 0 Å². The van der Waals surface area contributed by atoms with Gasteiger partial charge < -0.3 is 14.8 Å². The maximum Gasteiger partial charge on any atom is 0.422 e. The van der Waals surface area contributed by atoms with Crippen molar-refractivity contribution >= 4 is 17.0 Å². The predicted molar refractivity (Wildman–Crippen MR) is 75.9 cm³/mol. The number of nitrogens with one attached hydrogen (secondary N) is 1. The molecule has 5 nitrogen and oxygen atoms in total. The first kappa shape index (κ1) is 16.5. The highest BCUT2D eigenvalue weighted by molar-refractivity contribution is 7.09. The molecule has 0 spiro atoms. The Morgan fingerprint density at radius 2 is 2.14 bits per heavy atom. The molecule has 0 unspecified atom stereocenters. The van der Waals surface area contributed by atoms with Crippen LogP contribution in [0, 0.1) is 0 Å². The van der Waals surface area contributed by atoms with Crippen LogP contribution in [-0.2, 0) is 17.9 Å². The number of pyridine rings is 1. The van der Waals surface area contributed by atoms with E-state index in [1.807, 2.05) is 5.38 Å². The number of rotatable bonds is 7. The van der Waals surface area contributed by atoms with E-state index in [2.05, 4.69) is 20.0 Å². The summed E-state index contributed by atoms with van der Waals surface area (Å²) in [4.78, 5) is 8.16. The van der Waals surface area contributed by atoms with Crippen LogP contribution in [0.15, 0.2) is 23.7 Å². The molecular weight excluding hydrogens is 319 g/mol. The fourth-order valence-electron chi connectivity index (χ4n) is 1.54. The van der Waals surface area contributed by atoms with E-state index in [-0.39, 0.29) is 5.88 Å². The average molecular weight is 333 g/mol. The Bertz CT molecular complexity index is 587. The maximum absolute atomic E-state index is 12.0. The molecule has 0 fully saturated rings. The van der Waals surface area contributed by atoms with Crippen LogP contribution in [0.5, 0.6) is 5.88 Å². The lowest BCUT2D eigenvalue weighted by Gasteiger charge is -2.09. The summed E-state index contributed by atoms with van der Waals surface area (Å²) < 4.78 is 45.5. The van der Waals surface area contributed by atoms with Gasteiger partial charge in [0.25, 0.3) is 0 Å². The lowest BCUT2D eigenvalue weighted by Crippen LogP contribution is -2.19. The van der Waals surface area contributed by atoms with Crippen LogP contribution in [-0.4, -0.2) is 29.9 Å². The molecule has 0 bridgehead atoms. The van der Waals surface area contributed by atoms with Crippen LogP contribution in [0.4, 0.5) is 18.9 Å². The number of ether oxygens (including phenoxy) is 2. The second kappa shape index (κ2) is 7.41. The van der Waals surface area contributed by atoms with Gasteiger partial charge in [0, 0.05) is 18.6 Å². The number of methoxy groups -OCH3 is 1. The van der Waals surface area contributed by atoms with E-state index in [1.54, 1.807) is 13.2 Å². The van der Waals surface area contributed by atoms with Gasteiger partial charge in [0.15, 0.2) is 6.61 Å². The zero-order valence-electron chi connectivity index (χ0n) is 11.7. The van der Waals surface area contributed by atoms with Crippen molar-refractivity contribution in [1.82, 2.24) is 9.97 Å². The Morgan fingerprint density at radius 3 is 2.77 bits per heavy atom. The predicted octanol–water partition coefficient (Wildman–Crippen LogP) is 3.24. The second-order valence-corrected chi connectivity index (χ2v) is 5.25. The van der Waals surface area contributed by atoms with E-state index in [9.17, 15) is 13.2 Å². The van der Waals surface area contributed by atoms with Gasteiger partial charge in [0.1, 0.15) is 5.01 Å². The highest BCUT2D eigenvalue weighted by Crippen LogP contribution is 2.18. The molecular formula is C13H14F3N3O2S. The number of halogens is 3.